The van der Waals surface area contributed by atoms with E-state index in [4.69, 9.17) is 4.74 Å². The molecule has 2 rings (SSSR count). The second kappa shape index (κ2) is 15.3. The predicted octanol–water partition coefficient (Wildman–Crippen LogP) is 5.97. The van der Waals surface area contributed by atoms with E-state index in [-0.39, 0.29) is 24.3 Å². The molecule has 0 saturated carbocycles. The van der Waals surface area contributed by atoms with Gasteiger partial charge in [0.15, 0.2) is 0 Å². The molecule has 3 amide bonds. The first-order chi connectivity index (χ1) is 18.5. The summed E-state index contributed by atoms with van der Waals surface area (Å²) in [4.78, 5) is 42.6. The van der Waals surface area contributed by atoms with Gasteiger partial charge >= 0.3 is 6.09 Å². The summed E-state index contributed by atoms with van der Waals surface area (Å²) >= 11 is 0. The maximum atomic E-state index is 14.4. The number of ether oxygens (including phenoxy) is 1. The second-order valence-electron chi connectivity index (χ2n) is 11.0. The maximum Gasteiger partial charge on any atom is 0.408 e. The van der Waals surface area contributed by atoms with E-state index < -0.39 is 23.8 Å². The van der Waals surface area contributed by atoms with Crippen molar-refractivity contribution >= 4 is 17.9 Å². The van der Waals surface area contributed by atoms with E-state index in [1.54, 1.807) is 25.7 Å². The molecule has 0 spiro atoms. The van der Waals surface area contributed by atoms with Gasteiger partial charge in [-0.25, -0.2) is 4.79 Å². The molecule has 2 N–H and O–H groups in total. The Labute approximate surface area is 234 Å². The molecule has 0 aliphatic rings. The molecule has 0 heterocycles. The fourth-order valence-electron chi connectivity index (χ4n) is 4.33. The van der Waals surface area contributed by atoms with Gasteiger partial charge in [-0.2, -0.15) is 0 Å². The largest absolute Gasteiger partial charge is 0.444 e. The molecule has 0 aromatic heterocycles. The van der Waals surface area contributed by atoms with Crippen LogP contribution in [0.1, 0.15) is 90.5 Å². The van der Waals surface area contributed by atoms with Crippen molar-refractivity contribution in [2.75, 3.05) is 6.54 Å². The molecule has 0 radical (unpaired) electrons. The zero-order valence-electron chi connectivity index (χ0n) is 24.8. The molecule has 0 fully saturated rings. The molecule has 0 aliphatic carbocycles. The van der Waals surface area contributed by atoms with Crippen LogP contribution in [0, 0.1) is 0 Å². The molecule has 0 saturated heterocycles. The topological polar surface area (TPSA) is 87.7 Å². The van der Waals surface area contributed by atoms with Crippen molar-refractivity contribution in [1.82, 2.24) is 15.5 Å². The van der Waals surface area contributed by atoms with E-state index in [1.165, 1.54) is 0 Å². The van der Waals surface area contributed by atoms with E-state index in [9.17, 15) is 14.4 Å². The third-order valence-electron chi connectivity index (χ3n) is 6.65. The summed E-state index contributed by atoms with van der Waals surface area (Å²) < 4.78 is 5.51. The lowest BCUT2D eigenvalue weighted by Crippen LogP contribution is -2.56. The molecule has 214 valence electrons. The number of amides is 3. The van der Waals surface area contributed by atoms with Crippen LogP contribution >= 0.6 is 0 Å². The summed E-state index contributed by atoms with van der Waals surface area (Å²) in [5.41, 5.74) is 2.07. The van der Waals surface area contributed by atoms with Crippen molar-refractivity contribution in [3.8, 4) is 0 Å². The van der Waals surface area contributed by atoms with Gasteiger partial charge in [0.05, 0.1) is 0 Å². The molecule has 2 aromatic carbocycles. The smallest absolute Gasteiger partial charge is 0.408 e. The minimum Gasteiger partial charge on any atom is -0.444 e. The van der Waals surface area contributed by atoms with Gasteiger partial charge in [-0.3, -0.25) is 9.59 Å². The Bertz CT molecular complexity index is 1050. The van der Waals surface area contributed by atoms with Crippen LogP contribution in [0.5, 0.6) is 0 Å². The molecule has 0 bridgehead atoms. The van der Waals surface area contributed by atoms with Crippen LogP contribution in [0.2, 0.25) is 0 Å². The number of rotatable bonds is 13. The van der Waals surface area contributed by atoms with Crippen molar-refractivity contribution in [2.45, 2.75) is 104 Å². The standard InChI is InChI=1S/C32H47N3O4/c1-8-11-21-33-29(36)28(26-19-17-24(10-3)18-20-26)35(23(4)9-2)30(37)27(22-25-15-13-12-14-16-25)34-31(38)39-32(5,6)7/h12-20,23,27-28H,8-11,21-22H2,1-7H3,(H,33,36)(H,34,38). The van der Waals surface area contributed by atoms with Crippen LogP contribution in [-0.2, 0) is 27.2 Å². The van der Waals surface area contributed by atoms with Gasteiger partial charge in [0.25, 0.3) is 0 Å². The monoisotopic (exact) mass is 537 g/mol. The summed E-state index contributed by atoms with van der Waals surface area (Å²) in [6.45, 7) is 14.0. The second-order valence-corrected chi connectivity index (χ2v) is 11.0. The Balaban J connectivity index is 2.54. The first-order valence-corrected chi connectivity index (χ1v) is 14.2. The first kappa shape index (κ1) is 31.9. The highest BCUT2D eigenvalue weighted by Gasteiger charge is 2.38. The van der Waals surface area contributed by atoms with E-state index in [0.29, 0.717) is 13.0 Å². The van der Waals surface area contributed by atoms with Crippen molar-refractivity contribution in [2.24, 2.45) is 0 Å². The Kier molecular flexibility index (Phi) is 12.5. The van der Waals surface area contributed by atoms with Gasteiger partial charge in [-0.15, -0.1) is 0 Å². The van der Waals surface area contributed by atoms with E-state index in [2.05, 4.69) is 24.5 Å². The number of carbonyl (C=O) groups is 3. The van der Waals surface area contributed by atoms with Crippen molar-refractivity contribution < 1.29 is 19.1 Å². The Morgan fingerprint density at radius 3 is 2.10 bits per heavy atom. The number of hydrogen-bond acceptors (Lipinski definition) is 4. The lowest BCUT2D eigenvalue weighted by atomic mass is 9.97. The minimum atomic E-state index is -0.919. The van der Waals surface area contributed by atoms with Crippen LogP contribution in [0.15, 0.2) is 54.6 Å². The lowest BCUT2D eigenvalue weighted by Gasteiger charge is -2.38. The zero-order chi connectivity index (χ0) is 29.0. The maximum absolute atomic E-state index is 14.4. The third-order valence-corrected chi connectivity index (χ3v) is 6.65. The number of alkyl carbamates (subject to hydrolysis) is 1. The van der Waals surface area contributed by atoms with Gasteiger partial charge in [0, 0.05) is 19.0 Å². The quantitative estimate of drug-likeness (QED) is 0.308. The van der Waals surface area contributed by atoms with E-state index in [0.717, 1.165) is 36.0 Å². The fraction of sp³-hybridized carbons (Fsp3) is 0.531. The highest BCUT2D eigenvalue weighted by molar-refractivity contribution is 5.92. The number of carbonyl (C=O) groups excluding carboxylic acids is 3. The van der Waals surface area contributed by atoms with Crippen LogP contribution in [0.4, 0.5) is 4.79 Å². The normalized spacial score (nSPS) is 13.6. The van der Waals surface area contributed by atoms with Gasteiger partial charge in [-0.05, 0) is 63.6 Å². The zero-order valence-corrected chi connectivity index (χ0v) is 24.8. The van der Waals surface area contributed by atoms with Crippen molar-refractivity contribution in [3.63, 3.8) is 0 Å². The summed E-state index contributed by atoms with van der Waals surface area (Å²) in [6, 6.07) is 15.4. The SMILES string of the molecule is CCCCNC(=O)C(c1ccc(CC)cc1)N(C(=O)C(Cc1ccccc1)NC(=O)OC(C)(C)C)C(C)CC. The lowest BCUT2D eigenvalue weighted by molar-refractivity contribution is -0.145. The van der Waals surface area contributed by atoms with E-state index >= 15 is 0 Å². The average Bonchev–Trinajstić information content (AvgIpc) is 2.90. The first-order valence-electron chi connectivity index (χ1n) is 14.2. The van der Waals surface area contributed by atoms with Crippen molar-refractivity contribution in [1.29, 1.82) is 0 Å². The number of unbranched alkanes of at least 4 members (excludes halogenated alkanes) is 1. The molecular formula is C32H47N3O4. The Morgan fingerprint density at radius 1 is 0.923 bits per heavy atom. The Morgan fingerprint density at radius 2 is 1.56 bits per heavy atom. The number of nitrogens with one attached hydrogen (secondary N) is 2. The average molecular weight is 538 g/mol. The highest BCUT2D eigenvalue weighted by Crippen LogP contribution is 2.27. The predicted molar refractivity (Wildman–Crippen MR) is 156 cm³/mol. The molecular weight excluding hydrogens is 490 g/mol. The van der Waals surface area contributed by atoms with Gasteiger partial charge in [-0.1, -0.05) is 81.8 Å². The van der Waals surface area contributed by atoms with Gasteiger partial charge < -0.3 is 20.3 Å². The summed E-state index contributed by atoms with van der Waals surface area (Å²) in [7, 11) is 0. The summed E-state index contributed by atoms with van der Waals surface area (Å²) in [5.74, 6) is -0.550. The number of nitrogens with zero attached hydrogens (tertiary/aromatic N) is 1. The van der Waals surface area contributed by atoms with Crippen LogP contribution in [-0.4, -0.2) is 47.0 Å². The Hall–Kier alpha value is -3.35. The molecule has 3 unspecified atom stereocenters. The van der Waals surface area contributed by atoms with Crippen LogP contribution in [0.3, 0.4) is 0 Å². The van der Waals surface area contributed by atoms with Crippen LogP contribution in [0.25, 0.3) is 0 Å². The summed E-state index contributed by atoms with van der Waals surface area (Å²) in [6.07, 6.45) is 2.91. The number of aryl methyl sites for hydroxylation is 1. The van der Waals surface area contributed by atoms with Crippen LogP contribution < -0.4 is 10.6 Å². The number of benzene rings is 2. The summed E-state index contributed by atoms with van der Waals surface area (Å²) in [5, 5.41) is 5.85. The molecule has 39 heavy (non-hydrogen) atoms. The fourth-order valence-corrected chi connectivity index (χ4v) is 4.33. The molecule has 7 nitrogen and oxygen atoms in total. The molecule has 3 atom stereocenters. The third kappa shape index (κ3) is 10.0. The molecule has 2 aromatic rings. The highest BCUT2D eigenvalue weighted by atomic mass is 16.6. The number of hydrogen-bond donors (Lipinski definition) is 2. The van der Waals surface area contributed by atoms with Crippen molar-refractivity contribution in [3.05, 3.63) is 71.3 Å². The minimum absolute atomic E-state index is 0.225. The van der Waals surface area contributed by atoms with Gasteiger partial charge in [0.2, 0.25) is 11.8 Å². The molecule has 0 aliphatic heterocycles. The van der Waals surface area contributed by atoms with Gasteiger partial charge in [0.1, 0.15) is 17.7 Å². The van der Waals surface area contributed by atoms with E-state index in [1.807, 2.05) is 68.4 Å². The molecule has 7 heteroatoms.